The molecule has 0 aliphatic heterocycles. The number of hydrogen-bond donors (Lipinski definition) is 1. The highest BCUT2D eigenvalue weighted by Gasteiger charge is 2.22. The summed E-state index contributed by atoms with van der Waals surface area (Å²) in [5.41, 5.74) is 7.08. The van der Waals surface area contributed by atoms with Gasteiger partial charge < -0.3 is 10.6 Å². The van der Waals surface area contributed by atoms with E-state index >= 15 is 0 Å². The minimum atomic E-state index is -0.181. The van der Waals surface area contributed by atoms with Crippen molar-refractivity contribution in [3.8, 4) is 0 Å². The maximum atomic E-state index is 14.3. The smallest absolute Gasteiger partial charge is 0.160 e. The molecule has 1 aliphatic carbocycles. The van der Waals surface area contributed by atoms with Crippen molar-refractivity contribution in [2.75, 3.05) is 18.0 Å². The summed E-state index contributed by atoms with van der Waals surface area (Å²) < 4.78 is 14.8. The van der Waals surface area contributed by atoms with Crippen molar-refractivity contribution in [3.05, 3.63) is 28.0 Å². The molecule has 0 spiro atoms. The van der Waals surface area contributed by atoms with E-state index in [-0.39, 0.29) is 5.82 Å². The van der Waals surface area contributed by atoms with Crippen molar-refractivity contribution < 1.29 is 4.39 Å². The third kappa shape index (κ3) is 2.69. The third-order valence-corrected chi connectivity index (χ3v) is 4.64. The molecule has 0 unspecified atom stereocenters. The monoisotopic (exact) mass is 314 g/mol. The Balaban J connectivity index is 2.21. The van der Waals surface area contributed by atoms with Gasteiger partial charge in [0, 0.05) is 19.6 Å². The Hall–Kier alpha value is -0.610. The zero-order chi connectivity index (χ0) is 13.1. The first-order valence-corrected chi connectivity index (χ1v) is 7.38. The Morgan fingerprint density at radius 2 is 2.17 bits per heavy atom. The molecule has 1 aromatic rings. The van der Waals surface area contributed by atoms with E-state index < -0.39 is 0 Å². The van der Waals surface area contributed by atoms with Crippen LogP contribution in [0.1, 0.15) is 31.7 Å². The van der Waals surface area contributed by atoms with Gasteiger partial charge in [0.25, 0.3) is 0 Å². The first kappa shape index (κ1) is 13.8. The lowest BCUT2D eigenvalue weighted by molar-refractivity contribution is 0.318. The van der Waals surface area contributed by atoms with Crippen LogP contribution in [-0.4, -0.2) is 13.1 Å². The molecule has 4 heteroatoms. The first-order valence-electron chi connectivity index (χ1n) is 6.59. The summed E-state index contributed by atoms with van der Waals surface area (Å²) in [6.07, 6.45) is 3.88. The molecule has 2 nitrogen and oxygen atoms in total. The number of nitrogens with two attached hydrogens (primary N) is 1. The molecular formula is C14H20BrFN2. The molecule has 0 heterocycles. The molecule has 0 atom stereocenters. The van der Waals surface area contributed by atoms with Gasteiger partial charge in [0.2, 0.25) is 0 Å². The number of halogens is 2. The van der Waals surface area contributed by atoms with Crippen LogP contribution < -0.4 is 10.6 Å². The Kier molecular flexibility index (Phi) is 4.62. The topological polar surface area (TPSA) is 29.3 Å². The lowest BCUT2D eigenvalue weighted by Crippen LogP contribution is -2.33. The molecule has 100 valence electrons. The van der Waals surface area contributed by atoms with E-state index in [0.29, 0.717) is 16.7 Å². The average molecular weight is 315 g/mol. The zero-order valence-electron chi connectivity index (χ0n) is 10.8. The van der Waals surface area contributed by atoms with Crippen LogP contribution in [0.2, 0.25) is 0 Å². The van der Waals surface area contributed by atoms with E-state index in [1.165, 1.54) is 19.3 Å². The zero-order valence-corrected chi connectivity index (χ0v) is 12.3. The van der Waals surface area contributed by atoms with Crippen LogP contribution in [0.5, 0.6) is 0 Å². The lowest BCUT2D eigenvalue weighted by atomic mass is 9.85. The van der Waals surface area contributed by atoms with Crippen molar-refractivity contribution in [2.24, 2.45) is 11.7 Å². The minimum Gasteiger partial charge on any atom is -0.369 e. The highest BCUT2D eigenvalue weighted by atomic mass is 79.9. The summed E-state index contributed by atoms with van der Waals surface area (Å²) in [6.45, 7) is 4.22. The Morgan fingerprint density at radius 3 is 2.67 bits per heavy atom. The fourth-order valence-electron chi connectivity index (χ4n) is 2.37. The SMILES string of the molecule is CCN(CC1CCC1)c1ccc(CN)c(Br)c1F. The summed E-state index contributed by atoms with van der Waals surface area (Å²) in [7, 11) is 0. The number of anilines is 1. The summed E-state index contributed by atoms with van der Waals surface area (Å²) in [5.74, 6) is 0.552. The fraction of sp³-hybridized carbons (Fsp3) is 0.571. The fourth-order valence-corrected chi connectivity index (χ4v) is 2.86. The predicted molar refractivity (Wildman–Crippen MR) is 77.2 cm³/mol. The molecule has 0 radical (unpaired) electrons. The third-order valence-electron chi connectivity index (χ3n) is 3.79. The second-order valence-electron chi connectivity index (χ2n) is 4.91. The van der Waals surface area contributed by atoms with Crippen molar-refractivity contribution in [3.63, 3.8) is 0 Å². The molecule has 1 fully saturated rings. The van der Waals surface area contributed by atoms with Gasteiger partial charge >= 0.3 is 0 Å². The predicted octanol–water partition coefficient (Wildman–Crippen LogP) is 3.67. The van der Waals surface area contributed by atoms with Gasteiger partial charge in [-0.1, -0.05) is 12.5 Å². The van der Waals surface area contributed by atoms with Gasteiger partial charge in [0.1, 0.15) is 0 Å². The van der Waals surface area contributed by atoms with Crippen molar-refractivity contribution in [1.29, 1.82) is 0 Å². The normalized spacial score (nSPS) is 15.6. The van der Waals surface area contributed by atoms with Crippen LogP contribution in [-0.2, 0) is 6.54 Å². The number of hydrogen-bond acceptors (Lipinski definition) is 2. The van der Waals surface area contributed by atoms with E-state index in [4.69, 9.17) is 5.73 Å². The van der Waals surface area contributed by atoms with Crippen LogP contribution in [0, 0.1) is 11.7 Å². The van der Waals surface area contributed by atoms with Gasteiger partial charge in [0.05, 0.1) is 10.2 Å². The van der Waals surface area contributed by atoms with Crippen LogP contribution in [0.3, 0.4) is 0 Å². The van der Waals surface area contributed by atoms with Gasteiger partial charge in [0.15, 0.2) is 5.82 Å². The van der Waals surface area contributed by atoms with Gasteiger partial charge in [-0.3, -0.25) is 0 Å². The van der Waals surface area contributed by atoms with Crippen molar-refractivity contribution in [1.82, 2.24) is 0 Å². The standard InChI is InChI=1S/C14H20BrFN2/c1-2-18(9-10-4-3-5-10)12-7-6-11(8-17)13(15)14(12)16/h6-7,10H,2-5,8-9,17H2,1H3. The highest BCUT2D eigenvalue weighted by Crippen LogP contribution is 2.33. The molecule has 0 aromatic heterocycles. The van der Waals surface area contributed by atoms with Crippen LogP contribution in [0.4, 0.5) is 10.1 Å². The summed E-state index contributed by atoms with van der Waals surface area (Å²) in [4.78, 5) is 2.13. The maximum Gasteiger partial charge on any atom is 0.160 e. The van der Waals surface area contributed by atoms with E-state index in [0.717, 1.165) is 24.6 Å². The van der Waals surface area contributed by atoms with Gasteiger partial charge in [-0.25, -0.2) is 4.39 Å². The summed E-state index contributed by atoms with van der Waals surface area (Å²) in [6, 6.07) is 3.76. The Morgan fingerprint density at radius 1 is 1.44 bits per heavy atom. The molecule has 1 aliphatic rings. The second-order valence-corrected chi connectivity index (χ2v) is 5.70. The molecule has 1 aromatic carbocycles. The first-order chi connectivity index (χ1) is 8.67. The average Bonchev–Trinajstić information content (AvgIpc) is 2.33. The molecule has 0 saturated heterocycles. The Bertz CT molecular complexity index is 419. The molecule has 0 bridgehead atoms. The van der Waals surface area contributed by atoms with E-state index in [9.17, 15) is 4.39 Å². The number of rotatable bonds is 5. The van der Waals surface area contributed by atoms with Crippen molar-refractivity contribution >= 4 is 21.6 Å². The summed E-state index contributed by atoms with van der Waals surface area (Å²) >= 11 is 3.30. The Labute approximate surface area is 116 Å². The molecule has 2 rings (SSSR count). The quantitative estimate of drug-likeness (QED) is 0.898. The molecule has 1 saturated carbocycles. The van der Waals surface area contributed by atoms with Crippen LogP contribution in [0.25, 0.3) is 0 Å². The summed E-state index contributed by atoms with van der Waals surface area (Å²) in [5, 5.41) is 0. The molecule has 0 amide bonds. The number of benzene rings is 1. The van der Waals surface area contributed by atoms with E-state index in [2.05, 4.69) is 27.8 Å². The molecule has 18 heavy (non-hydrogen) atoms. The van der Waals surface area contributed by atoms with E-state index in [1.807, 2.05) is 12.1 Å². The molecule has 2 N–H and O–H groups in total. The van der Waals surface area contributed by atoms with E-state index in [1.54, 1.807) is 0 Å². The highest BCUT2D eigenvalue weighted by molar-refractivity contribution is 9.10. The second kappa shape index (κ2) is 6.02. The maximum absolute atomic E-state index is 14.3. The van der Waals surface area contributed by atoms with Gasteiger partial charge in [-0.2, -0.15) is 0 Å². The molecular weight excluding hydrogens is 295 g/mol. The largest absolute Gasteiger partial charge is 0.369 e. The van der Waals surface area contributed by atoms with Gasteiger partial charge in [-0.15, -0.1) is 0 Å². The van der Waals surface area contributed by atoms with Crippen molar-refractivity contribution in [2.45, 2.75) is 32.7 Å². The van der Waals surface area contributed by atoms with Crippen LogP contribution >= 0.6 is 15.9 Å². The number of nitrogens with zero attached hydrogens (tertiary/aromatic N) is 1. The lowest BCUT2D eigenvalue weighted by Gasteiger charge is -2.33. The van der Waals surface area contributed by atoms with Crippen LogP contribution in [0.15, 0.2) is 16.6 Å². The minimum absolute atomic E-state index is 0.181. The van der Waals surface area contributed by atoms with Gasteiger partial charge in [-0.05, 0) is 53.2 Å².